The number of nitrogens with zero attached hydrogens (tertiary/aromatic N) is 2. The lowest BCUT2D eigenvalue weighted by atomic mass is 10.2. The van der Waals surface area contributed by atoms with E-state index in [1.807, 2.05) is 0 Å². The van der Waals surface area contributed by atoms with Crippen molar-refractivity contribution in [1.29, 1.82) is 0 Å². The van der Waals surface area contributed by atoms with Crippen LogP contribution in [0.1, 0.15) is 31.2 Å². The molecule has 0 N–H and O–H groups in total. The molecule has 0 aliphatic carbocycles. The van der Waals surface area contributed by atoms with Gasteiger partial charge in [-0.2, -0.15) is 0 Å². The van der Waals surface area contributed by atoms with E-state index in [1.54, 1.807) is 29.2 Å². The minimum atomic E-state index is -0.459. The summed E-state index contributed by atoms with van der Waals surface area (Å²) in [6.45, 7) is 1.25. The fraction of sp³-hybridized carbons (Fsp3) is 0.409. The highest BCUT2D eigenvalue weighted by Gasteiger charge is 2.37. The third-order valence-electron chi connectivity index (χ3n) is 4.92. The van der Waals surface area contributed by atoms with Crippen molar-refractivity contribution in [1.82, 2.24) is 9.80 Å². The van der Waals surface area contributed by atoms with Crippen LogP contribution in [-0.4, -0.2) is 60.2 Å². The van der Waals surface area contributed by atoms with E-state index in [4.69, 9.17) is 15.9 Å². The number of benzene rings is 1. The minimum absolute atomic E-state index is 0.111. The molecule has 0 radical (unpaired) electrons. The van der Waals surface area contributed by atoms with Crippen LogP contribution in [0, 0.1) is 12.3 Å². The maximum atomic E-state index is 12.7. The molecule has 30 heavy (non-hydrogen) atoms. The predicted molar refractivity (Wildman–Crippen MR) is 115 cm³/mol. The van der Waals surface area contributed by atoms with E-state index in [-0.39, 0.29) is 24.0 Å². The van der Waals surface area contributed by atoms with Crippen LogP contribution in [0.2, 0.25) is 0 Å². The van der Waals surface area contributed by atoms with Gasteiger partial charge in [0.05, 0.1) is 12.0 Å². The topological polar surface area (TPSA) is 76.2 Å². The normalized spacial score (nSPS) is 18.3. The quantitative estimate of drug-likeness (QED) is 0.512. The smallest absolute Gasteiger partial charge is 0.294 e. The Labute approximate surface area is 180 Å². The number of terminal acetylenes is 1. The van der Waals surface area contributed by atoms with Crippen molar-refractivity contribution in [2.24, 2.45) is 0 Å². The van der Waals surface area contributed by atoms with Gasteiger partial charge in [0, 0.05) is 13.1 Å². The first kappa shape index (κ1) is 21.8. The summed E-state index contributed by atoms with van der Waals surface area (Å²) in [5.74, 6) is 2.70. The fourth-order valence-electron chi connectivity index (χ4n) is 3.36. The standard InChI is InChI=1S/C22H24N2O5S/c1-3-12-29-17-9-8-16(13-18(17)28-2)14-19-21(26)24(22(27)30-19)15-20(25)23-10-6-4-5-7-11-23/h1,8-9,13-14H,4-7,10-12,15H2,2H3. The summed E-state index contributed by atoms with van der Waals surface area (Å²) in [5.41, 5.74) is 0.671. The molecule has 0 bridgehead atoms. The van der Waals surface area contributed by atoms with Gasteiger partial charge in [0.1, 0.15) is 13.2 Å². The molecule has 0 unspecified atom stereocenters. The van der Waals surface area contributed by atoms with Gasteiger partial charge in [0.2, 0.25) is 5.91 Å². The number of likely N-dealkylation sites (tertiary alicyclic amines) is 1. The van der Waals surface area contributed by atoms with Crippen molar-refractivity contribution in [3.05, 3.63) is 28.7 Å². The first-order valence-corrected chi connectivity index (χ1v) is 10.6. The minimum Gasteiger partial charge on any atom is -0.493 e. The Morgan fingerprint density at radius 3 is 2.60 bits per heavy atom. The number of carbonyl (C=O) groups excluding carboxylic acids is 3. The zero-order chi connectivity index (χ0) is 21.5. The lowest BCUT2D eigenvalue weighted by Crippen LogP contribution is -2.42. The Balaban J connectivity index is 1.71. The maximum absolute atomic E-state index is 12.7. The third kappa shape index (κ3) is 5.16. The van der Waals surface area contributed by atoms with Gasteiger partial charge in [-0.05, 0) is 48.4 Å². The van der Waals surface area contributed by atoms with Gasteiger partial charge in [-0.15, -0.1) is 6.42 Å². The van der Waals surface area contributed by atoms with Crippen molar-refractivity contribution in [3.8, 4) is 23.8 Å². The van der Waals surface area contributed by atoms with Crippen molar-refractivity contribution < 1.29 is 23.9 Å². The van der Waals surface area contributed by atoms with Gasteiger partial charge in [0.15, 0.2) is 11.5 Å². The molecule has 3 rings (SSSR count). The average Bonchev–Trinajstić information content (AvgIpc) is 2.95. The average molecular weight is 429 g/mol. The molecule has 158 valence electrons. The largest absolute Gasteiger partial charge is 0.493 e. The Kier molecular flexibility index (Phi) is 7.41. The number of hydrogen-bond donors (Lipinski definition) is 0. The van der Waals surface area contributed by atoms with Gasteiger partial charge >= 0.3 is 0 Å². The molecule has 7 nitrogen and oxygen atoms in total. The van der Waals surface area contributed by atoms with Crippen LogP contribution in [0.5, 0.6) is 11.5 Å². The van der Waals surface area contributed by atoms with Gasteiger partial charge in [-0.25, -0.2) is 0 Å². The number of imide groups is 1. The monoisotopic (exact) mass is 428 g/mol. The summed E-state index contributed by atoms with van der Waals surface area (Å²) in [6.07, 6.45) is 10.9. The lowest BCUT2D eigenvalue weighted by molar-refractivity contribution is -0.135. The molecule has 1 aromatic carbocycles. The summed E-state index contributed by atoms with van der Waals surface area (Å²) in [7, 11) is 1.50. The zero-order valence-electron chi connectivity index (χ0n) is 16.9. The van der Waals surface area contributed by atoms with Crippen molar-refractivity contribution in [2.75, 3.05) is 33.4 Å². The molecule has 0 saturated carbocycles. The van der Waals surface area contributed by atoms with Crippen molar-refractivity contribution >= 4 is 34.9 Å². The molecular formula is C22H24N2O5S. The second-order valence-electron chi connectivity index (χ2n) is 6.97. The van der Waals surface area contributed by atoms with Crippen LogP contribution in [0.25, 0.3) is 6.08 Å². The summed E-state index contributed by atoms with van der Waals surface area (Å²) < 4.78 is 10.7. The number of methoxy groups -OCH3 is 1. The first-order chi connectivity index (χ1) is 14.5. The second-order valence-corrected chi connectivity index (χ2v) is 7.96. The first-order valence-electron chi connectivity index (χ1n) is 9.81. The van der Waals surface area contributed by atoms with Crippen LogP contribution in [-0.2, 0) is 9.59 Å². The molecule has 2 aliphatic rings. The van der Waals surface area contributed by atoms with E-state index < -0.39 is 11.1 Å². The van der Waals surface area contributed by atoms with E-state index in [9.17, 15) is 14.4 Å². The maximum Gasteiger partial charge on any atom is 0.294 e. The molecule has 0 spiro atoms. The van der Waals surface area contributed by atoms with Gasteiger partial charge < -0.3 is 14.4 Å². The summed E-state index contributed by atoms with van der Waals surface area (Å²) in [4.78, 5) is 40.7. The number of rotatable bonds is 6. The summed E-state index contributed by atoms with van der Waals surface area (Å²) in [6, 6.07) is 5.13. The van der Waals surface area contributed by atoms with Crippen LogP contribution >= 0.6 is 11.8 Å². The van der Waals surface area contributed by atoms with Crippen LogP contribution < -0.4 is 9.47 Å². The van der Waals surface area contributed by atoms with E-state index in [2.05, 4.69) is 5.92 Å². The predicted octanol–water partition coefficient (Wildman–Crippen LogP) is 3.15. The number of hydrogen-bond acceptors (Lipinski definition) is 6. The van der Waals surface area contributed by atoms with E-state index in [0.717, 1.165) is 42.3 Å². The van der Waals surface area contributed by atoms with E-state index >= 15 is 0 Å². The molecule has 8 heteroatoms. The molecule has 2 fully saturated rings. The lowest BCUT2D eigenvalue weighted by Gasteiger charge is -2.22. The highest BCUT2D eigenvalue weighted by molar-refractivity contribution is 8.18. The van der Waals surface area contributed by atoms with Gasteiger partial charge in [-0.1, -0.05) is 24.8 Å². The second kappa shape index (κ2) is 10.2. The molecule has 0 aromatic heterocycles. The van der Waals surface area contributed by atoms with Gasteiger partial charge in [-0.3, -0.25) is 19.3 Å². The van der Waals surface area contributed by atoms with Crippen molar-refractivity contribution in [2.45, 2.75) is 25.7 Å². The zero-order valence-corrected chi connectivity index (χ0v) is 17.7. The Morgan fingerprint density at radius 2 is 1.93 bits per heavy atom. The van der Waals surface area contributed by atoms with Crippen molar-refractivity contribution in [3.63, 3.8) is 0 Å². The Bertz CT molecular complexity index is 897. The highest BCUT2D eigenvalue weighted by atomic mass is 32.2. The number of amides is 3. The van der Waals surface area contributed by atoms with Crippen LogP contribution in [0.3, 0.4) is 0 Å². The Morgan fingerprint density at radius 1 is 1.20 bits per heavy atom. The molecular weight excluding hydrogens is 404 g/mol. The number of thioether (sulfide) groups is 1. The number of carbonyl (C=O) groups is 3. The third-order valence-corrected chi connectivity index (χ3v) is 5.83. The molecule has 2 aliphatic heterocycles. The Hall–Kier alpha value is -2.92. The fourth-order valence-corrected chi connectivity index (χ4v) is 4.19. The van der Waals surface area contributed by atoms with Crippen LogP contribution in [0.15, 0.2) is 23.1 Å². The summed E-state index contributed by atoms with van der Waals surface area (Å²) >= 11 is 0.830. The highest BCUT2D eigenvalue weighted by Crippen LogP contribution is 2.34. The van der Waals surface area contributed by atoms with E-state index in [1.165, 1.54) is 7.11 Å². The SMILES string of the molecule is C#CCOc1ccc(C=C2SC(=O)N(CC(=O)N3CCCCCC3)C2=O)cc1OC. The molecule has 1 aromatic rings. The number of ether oxygens (including phenoxy) is 2. The molecule has 0 atom stereocenters. The van der Waals surface area contributed by atoms with Gasteiger partial charge in [0.25, 0.3) is 11.1 Å². The van der Waals surface area contributed by atoms with E-state index in [0.29, 0.717) is 30.2 Å². The van der Waals surface area contributed by atoms with Crippen LogP contribution in [0.4, 0.5) is 4.79 Å². The molecule has 3 amide bonds. The summed E-state index contributed by atoms with van der Waals surface area (Å²) in [5, 5.41) is -0.435. The molecule has 2 saturated heterocycles. The molecule has 2 heterocycles.